The third kappa shape index (κ3) is 8.54. The highest BCUT2D eigenvalue weighted by atomic mass is 16.1. The van der Waals surface area contributed by atoms with Crippen molar-refractivity contribution in [2.45, 2.75) is 19.9 Å². The van der Waals surface area contributed by atoms with Gasteiger partial charge >= 0.3 is 0 Å². The quantitative estimate of drug-likeness (QED) is 0.322. The zero-order valence-electron chi connectivity index (χ0n) is 13.0. The van der Waals surface area contributed by atoms with E-state index >= 15 is 0 Å². The van der Waals surface area contributed by atoms with Crippen LogP contribution in [-0.2, 0) is 4.79 Å². The predicted octanol–water partition coefficient (Wildman–Crippen LogP) is 1.29. The minimum atomic E-state index is -0.0703. The Morgan fingerprint density at radius 2 is 2.19 bits per heavy atom. The Balaban J connectivity index is 4.82. The molecule has 0 rings (SSSR count). The number of nitrogens with zero attached hydrogens (tertiary/aromatic N) is 2. The summed E-state index contributed by atoms with van der Waals surface area (Å²) in [5.41, 5.74) is 0. The third-order valence-electron chi connectivity index (χ3n) is 2.65. The first-order chi connectivity index (χ1) is 9.92. The van der Waals surface area contributed by atoms with Crippen LogP contribution in [0, 0.1) is 5.41 Å². The number of likely N-dealkylation sites (N-methyl/N-ethyl adjacent to an activating group) is 1. The van der Waals surface area contributed by atoms with E-state index in [1.807, 2.05) is 18.9 Å². The van der Waals surface area contributed by atoms with Gasteiger partial charge in [0, 0.05) is 12.4 Å². The smallest absolute Gasteiger partial charge is 0.143 e. The Labute approximate surface area is 126 Å². The molecule has 1 atom stereocenters. The number of Topliss-reactive ketones (excluding diaryl/α,β-unsaturated/α-hetero) is 1. The second-order valence-electron chi connectivity index (χ2n) is 4.58. The van der Waals surface area contributed by atoms with Crippen LogP contribution in [0.5, 0.6) is 0 Å². The molecule has 1 unspecified atom stereocenters. The number of hydrogen-bond acceptors (Lipinski definition) is 5. The van der Waals surface area contributed by atoms with Gasteiger partial charge in [0.1, 0.15) is 17.4 Å². The summed E-state index contributed by atoms with van der Waals surface area (Å²) in [5.74, 6) is 1.33. The van der Waals surface area contributed by atoms with Crippen molar-refractivity contribution in [3.63, 3.8) is 0 Å². The van der Waals surface area contributed by atoms with E-state index in [4.69, 9.17) is 5.41 Å². The summed E-state index contributed by atoms with van der Waals surface area (Å²) in [4.78, 5) is 17.5. The molecule has 0 aromatic rings. The number of allylic oxidation sites excluding steroid dienone is 1. The highest BCUT2D eigenvalue weighted by molar-refractivity contribution is 5.89. The monoisotopic (exact) mass is 291 g/mol. The summed E-state index contributed by atoms with van der Waals surface area (Å²) in [6, 6.07) is -0.0703. The lowest BCUT2D eigenvalue weighted by Crippen LogP contribution is -2.46. The molecule has 0 fully saturated rings. The Morgan fingerprint density at radius 3 is 2.71 bits per heavy atom. The van der Waals surface area contributed by atoms with Crippen molar-refractivity contribution >= 4 is 17.8 Å². The SMILES string of the molecule is C=CCN=C(NC(=C)NC=CC=N)C(C)N(C)CC(C)=O. The Bertz CT molecular complexity index is 439. The maximum Gasteiger partial charge on any atom is 0.143 e. The fraction of sp³-hybridized carbons (Fsp3) is 0.400. The lowest BCUT2D eigenvalue weighted by molar-refractivity contribution is -0.118. The van der Waals surface area contributed by atoms with E-state index in [0.29, 0.717) is 24.7 Å². The lowest BCUT2D eigenvalue weighted by Gasteiger charge is -2.26. The number of carbonyl (C=O) groups excluding carboxylic acids is 1. The van der Waals surface area contributed by atoms with Crippen LogP contribution in [0.2, 0.25) is 0 Å². The van der Waals surface area contributed by atoms with Crippen LogP contribution >= 0.6 is 0 Å². The van der Waals surface area contributed by atoms with Gasteiger partial charge in [-0.05, 0) is 27.0 Å². The number of rotatable bonds is 10. The van der Waals surface area contributed by atoms with Gasteiger partial charge in [0.25, 0.3) is 0 Å². The van der Waals surface area contributed by atoms with E-state index in [1.165, 1.54) is 0 Å². The summed E-state index contributed by atoms with van der Waals surface area (Å²) >= 11 is 0. The molecule has 0 heterocycles. The van der Waals surface area contributed by atoms with Gasteiger partial charge in [-0.1, -0.05) is 12.7 Å². The molecular weight excluding hydrogens is 266 g/mol. The van der Waals surface area contributed by atoms with Crippen molar-refractivity contribution in [1.82, 2.24) is 15.5 Å². The van der Waals surface area contributed by atoms with Crippen molar-refractivity contribution < 1.29 is 4.79 Å². The van der Waals surface area contributed by atoms with E-state index in [2.05, 4.69) is 28.8 Å². The first-order valence-electron chi connectivity index (χ1n) is 6.65. The molecule has 0 amide bonds. The van der Waals surface area contributed by atoms with Crippen LogP contribution in [0.3, 0.4) is 0 Å². The number of ketones is 1. The van der Waals surface area contributed by atoms with Crippen molar-refractivity contribution in [3.8, 4) is 0 Å². The van der Waals surface area contributed by atoms with Crippen molar-refractivity contribution in [2.24, 2.45) is 4.99 Å². The van der Waals surface area contributed by atoms with Gasteiger partial charge < -0.3 is 16.0 Å². The Morgan fingerprint density at radius 1 is 1.52 bits per heavy atom. The molecule has 6 heteroatoms. The largest absolute Gasteiger partial charge is 0.349 e. The molecule has 3 N–H and O–H groups in total. The molecule has 0 saturated carbocycles. The average molecular weight is 291 g/mol. The molecule has 0 spiro atoms. The molecular formula is C15H25N5O. The van der Waals surface area contributed by atoms with Crippen LogP contribution in [0.15, 0.2) is 42.3 Å². The van der Waals surface area contributed by atoms with Crippen LogP contribution in [0.1, 0.15) is 13.8 Å². The van der Waals surface area contributed by atoms with Gasteiger partial charge in [-0.25, -0.2) is 0 Å². The van der Waals surface area contributed by atoms with Crippen molar-refractivity contribution in [3.05, 3.63) is 37.3 Å². The van der Waals surface area contributed by atoms with Crippen LogP contribution in [0.25, 0.3) is 0 Å². The van der Waals surface area contributed by atoms with Gasteiger partial charge in [0.15, 0.2) is 0 Å². The minimum Gasteiger partial charge on any atom is -0.349 e. The number of carbonyl (C=O) groups is 1. The number of aliphatic imine (C=N–C) groups is 1. The molecule has 0 aromatic carbocycles. The summed E-state index contributed by atoms with van der Waals surface area (Å²) in [7, 11) is 1.86. The number of hydrogen-bond donors (Lipinski definition) is 3. The second-order valence-corrected chi connectivity index (χ2v) is 4.58. The van der Waals surface area contributed by atoms with Crippen molar-refractivity contribution in [2.75, 3.05) is 20.1 Å². The van der Waals surface area contributed by atoms with Gasteiger partial charge in [0.05, 0.1) is 19.1 Å². The van der Waals surface area contributed by atoms with Gasteiger partial charge in [-0.2, -0.15) is 0 Å². The zero-order valence-corrected chi connectivity index (χ0v) is 13.0. The molecule has 21 heavy (non-hydrogen) atoms. The lowest BCUT2D eigenvalue weighted by atomic mass is 10.2. The van der Waals surface area contributed by atoms with E-state index in [-0.39, 0.29) is 11.8 Å². The second kappa shape index (κ2) is 10.6. The first kappa shape index (κ1) is 18.8. The zero-order chi connectivity index (χ0) is 16.3. The van der Waals surface area contributed by atoms with E-state index in [9.17, 15) is 4.79 Å². The minimum absolute atomic E-state index is 0.0703. The summed E-state index contributed by atoms with van der Waals surface area (Å²) in [6.07, 6.45) is 6.00. The van der Waals surface area contributed by atoms with Gasteiger partial charge in [0.2, 0.25) is 0 Å². The fourth-order valence-corrected chi connectivity index (χ4v) is 1.52. The van der Waals surface area contributed by atoms with E-state index < -0.39 is 0 Å². The molecule has 0 aliphatic rings. The first-order valence-corrected chi connectivity index (χ1v) is 6.65. The summed E-state index contributed by atoms with van der Waals surface area (Å²) in [5, 5.41) is 12.9. The molecule has 0 aliphatic carbocycles. The molecule has 0 radical (unpaired) electrons. The van der Waals surface area contributed by atoms with E-state index in [1.54, 1.807) is 25.3 Å². The number of amidine groups is 1. The highest BCUT2D eigenvalue weighted by Crippen LogP contribution is 1.99. The maximum atomic E-state index is 11.2. The summed E-state index contributed by atoms with van der Waals surface area (Å²) in [6.45, 7) is 11.8. The average Bonchev–Trinajstić information content (AvgIpc) is 2.42. The molecule has 0 saturated heterocycles. The molecule has 0 aromatic heterocycles. The van der Waals surface area contributed by atoms with Crippen molar-refractivity contribution in [1.29, 1.82) is 5.41 Å². The molecule has 116 valence electrons. The Hall–Kier alpha value is -2.21. The summed E-state index contributed by atoms with van der Waals surface area (Å²) < 4.78 is 0. The standard InChI is InChI=1S/C15H25N5O/c1-6-9-18-15(13(3)20(5)11-12(2)21)19-14(4)17-10-7-8-16/h6-8,10,13,16-17H,1,4,9,11H2,2-3,5H3,(H,18,19). The van der Waals surface area contributed by atoms with Gasteiger partial charge in [-0.15, -0.1) is 6.58 Å². The highest BCUT2D eigenvalue weighted by Gasteiger charge is 2.17. The predicted molar refractivity (Wildman–Crippen MR) is 88.6 cm³/mol. The third-order valence-corrected chi connectivity index (χ3v) is 2.65. The maximum absolute atomic E-state index is 11.2. The number of nitrogens with one attached hydrogen (secondary N) is 3. The van der Waals surface area contributed by atoms with Crippen LogP contribution < -0.4 is 10.6 Å². The van der Waals surface area contributed by atoms with Crippen LogP contribution in [0.4, 0.5) is 0 Å². The molecule has 6 nitrogen and oxygen atoms in total. The molecule has 0 bridgehead atoms. The topological polar surface area (TPSA) is 80.6 Å². The van der Waals surface area contributed by atoms with E-state index in [0.717, 1.165) is 6.21 Å². The Kier molecular flexibility index (Phi) is 9.45. The fourth-order valence-electron chi connectivity index (χ4n) is 1.52. The normalized spacial score (nSPS) is 13.0. The van der Waals surface area contributed by atoms with Crippen LogP contribution in [-0.4, -0.2) is 48.9 Å². The van der Waals surface area contributed by atoms with Gasteiger partial charge in [-0.3, -0.25) is 14.7 Å². The molecule has 0 aliphatic heterocycles.